The third kappa shape index (κ3) is 2.66. The van der Waals surface area contributed by atoms with Gasteiger partial charge in [-0.05, 0) is 18.2 Å². The predicted molar refractivity (Wildman–Crippen MR) is 81.1 cm³/mol. The molecule has 1 fully saturated rings. The molecular formula is C14H15N5OS. The van der Waals surface area contributed by atoms with Crippen LogP contribution in [0.3, 0.4) is 0 Å². The Labute approximate surface area is 126 Å². The highest BCUT2D eigenvalue weighted by molar-refractivity contribution is 7.99. The highest BCUT2D eigenvalue weighted by Gasteiger charge is 2.16. The van der Waals surface area contributed by atoms with Gasteiger partial charge in [0.15, 0.2) is 5.69 Å². The summed E-state index contributed by atoms with van der Waals surface area (Å²) < 4.78 is 7.56. The van der Waals surface area contributed by atoms with E-state index in [1.165, 1.54) is 11.5 Å². The second kappa shape index (κ2) is 5.50. The summed E-state index contributed by atoms with van der Waals surface area (Å²) in [6.07, 6.45) is 1.90. The molecule has 21 heavy (non-hydrogen) atoms. The van der Waals surface area contributed by atoms with Crippen molar-refractivity contribution in [1.29, 1.82) is 0 Å². The maximum Gasteiger partial charge on any atom is 0.268 e. The summed E-state index contributed by atoms with van der Waals surface area (Å²) >= 11 is 1.99. The van der Waals surface area contributed by atoms with Crippen LogP contribution in [0.1, 0.15) is 5.89 Å². The smallest absolute Gasteiger partial charge is 0.268 e. The zero-order chi connectivity index (χ0) is 14.1. The van der Waals surface area contributed by atoms with Gasteiger partial charge < -0.3 is 4.42 Å². The van der Waals surface area contributed by atoms with E-state index in [2.05, 4.69) is 20.2 Å². The predicted octanol–water partition coefficient (Wildman–Crippen LogP) is 1.93. The fraction of sp³-hybridized carbons (Fsp3) is 0.357. The molecule has 0 bridgehead atoms. The van der Waals surface area contributed by atoms with Gasteiger partial charge >= 0.3 is 0 Å². The lowest BCUT2D eigenvalue weighted by molar-refractivity contribution is 0.263. The SMILES string of the molecule is c1ccn2nc(-c3nnc(CN4CCSCC4)o3)cc2c1. The molecule has 1 aliphatic rings. The topological polar surface area (TPSA) is 59.5 Å². The summed E-state index contributed by atoms with van der Waals surface area (Å²) in [7, 11) is 0. The molecule has 108 valence electrons. The number of hydrogen-bond acceptors (Lipinski definition) is 6. The Morgan fingerprint density at radius 2 is 2.10 bits per heavy atom. The molecule has 0 saturated carbocycles. The van der Waals surface area contributed by atoms with E-state index in [1.54, 1.807) is 4.52 Å². The van der Waals surface area contributed by atoms with E-state index < -0.39 is 0 Å². The van der Waals surface area contributed by atoms with Crippen molar-refractivity contribution in [3.63, 3.8) is 0 Å². The fourth-order valence-electron chi connectivity index (χ4n) is 2.41. The summed E-state index contributed by atoms with van der Waals surface area (Å²) in [4.78, 5) is 2.34. The van der Waals surface area contributed by atoms with Gasteiger partial charge in [-0.3, -0.25) is 4.90 Å². The molecule has 7 heteroatoms. The first-order valence-electron chi connectivity index (χ1n) is 6.96. The van der Waals surface area contributed by atoms with E-state index in [4.69, 9.17) is 4.42 Å². The molecule has 3 aromatic rings. The molecule has 0 unspecified atom stereocenters. The Hall–Kier alpha value is -1.86. The van der Waals surface area contributed by atoms with E-state index in [-0.39, 0.29) is 0 Å². The Bertz CT molecular complexity index is 714. The van der Waals surface area contributed by atoms with Gasteiger partial charge in [-0.2, -0.15) is 16.9 Å². The summed E-state index contributed by atoms with van der Waals surface area (Å²) in [5.74, 6) is 3.50. The summed E-state index contributed by atoms with van der Waals surface area (Å²) in [5, 5.41) is 12.7. The minimum absolute atomic E-state index is 0.486. The average Bonchev–Trinajstić information content (AvgIpc) is 3.14. The van der Waals surface area contributed by atoms with Gasteiger partial charge in [-0.1, -0.05) is 6.07 Å². The molecule has 0 aromatic carbocycles. The maximum atomic E-state index is 5.76. The lowest BCUT2D eigenvalue weighted by Gasteiger charge is -2.24. The highest BCUT2D eigenvalue weighted by Crippen LogP contribution is 2.19. The molecule has 0 spiro atoms. The van der Waals surface area contributed by atoms with E-state index in [0.29, 0.717) is 17.5 Å². The number of aromatic nitrogens is 4. The number of pyridine rings is 1. The van der Waals surface area contributed by atoms with Crippen LogP contribution in [0, 0.1) is 0 Å². The van der Waals surface area contributed by atoms with Crippen molar-refractivity contribution >= 4 is 17.3 Å². The first-order valence-corrected chi connectivity index (χ1v) is 8.11. The number of rotatable bonds is 3. The zero-order valence-corrected chi connectivity index (χ0v) is 12.3. The highest BCUT2D eigenvalue weighted by atomic mass is 32.2. The van der Waals surface area contributed by atoms with Gasteiger partial charge in [0.05, 0.1) is 12.1 Å². The van der Waals surface area contributed by atoms with Crippen molar-refractivity contribution in [3.8, 4) is 11.6 Å². The van der Waals surface area contributed by atoms with Crippen LogP contribution < -0.4 is 0 Å². The van der Waals surface area contributed by atoms with Gasteiger partial charge in [-0.15, -0.1) is 10.2 Å². The molecule has 3 aromatic heterocycles. The van der Waals surface area contributed by atoms with Crippen LogP contribution in [-0.2, 0) is 6.54 Å². The third-order valence-electron chi connectivity index (χ3n) is 3.52. The van der Waals surface area contributed by atoms with Gasteiger partial charge in [0.1, 0.15) is 0 Å². The van der Waals surface area contributed by atoms with Crippen LogP contribution in [0.5, 0.6) is 0 Å². The first kappa shape index (κ1) is 12.8. The van der Waals surface area contributed by atoms with Crippen molar-refractivity contribution < 1.29 is 4.42 Å². The van der Waals surface area contributed by atoms with Crippen LogP contribution in [0.25, 0.3) is 17.1 Å². The van der Waals surface area contributed by atoms with Crippen LogP contribution in [0.2, 0.25) is 0 Å². The summed E-state index contributed by atoms with van der Waals surface area (Å²) in [6.45, 7) is 2.88. The molecule has 6 nitrogen and oxygen atoms in total. The van der Waals surface area contributed by atoms with Crippen LogP contribution >= 0.6 is 11.8 Å². The van der Waals surface area contributed by atoms with E-state index in [9.17, 15) is 0 Å². The van der Waals surface area contributed by atoms with E-state index in [0.717, 1.165) is 25.2 Å². The monoisotopic (exact) mass is 301 g/mol. The minimum atomic E-state index is 0.486. The van der Waals surface area contributed by atoms with Crippen molar-refractivity contribution in [3.05, 3.63) is 36.4 Å². The number of fused-ring (bicyclic) bond motifs is 1. The second-order valence-electron chi connectivity index (χ2n) is 4.99. The number of hydrogen-bond donors (Lipinski definition) is 0. The van der Waals surface area contributed by atoms with Crippen LogP contribution in [-0.4, -0.2) is 49.3 Å². The Morgan fingerprint density at radius 3 is 2.95 bits per heavy atom. The lowest BCUT2D eigenvalue weighted by atomic mass is 10.3. The Kier molecular flexibility index (Phi) is 3.36. The summed E-state index contributed by atoms with van der Waals surface area (Å²) in [5.41, 5.74) is 1.73. The molecule has 0 radical (unpaired) electrons. The average molecular weight is 301 g/mol. The van der Waals surface area contributed by atoms with Crippen molar-refractivity contribution in [1.82, 2.24) is 24.7 Å². The number of nitrogens with zero attached hydrogens (tertiary/aromatic N) is 5. The Morgan fingerprint density at radius 1 is 1.19 bits per heavy atom. The molecular weight excluding hydrogens is 286 g/mol. The van der Waals surface area contributed by atoms with Gasteiger partial charge in [-0.25, -0.2) is 4.52 Å². The van der Waals surface area contributed by atoms with E-state index in [1.807, 2.05) is 42.2 Å². The molecule has 1 aliphatic heterocycles. The normalized spacial score (nSPS) is 16.6. The standard InChI is InChI=1S/C14H15N5OS/c1-2-4-19-11(3-1)9-12(17-19)14-16-15-13(20-14)10-18-5-7-21-8-6-18/h1-4,9H,5-8,10H2. The lowest BCUT2D eigenvalue weighted by Crippen LogP contribution is -2.32. The van der Waals surface area contributed by atoms with Gasteiger partial charge in [0.25, 0.3) is 5.89 Å². The number of thioether (sulfide) groups is 1. The maximum absolute atomic E-state index is 5.76. The van der Waals surface area contributed by atoms with Crippen LogP contribution in [0.15, 0.2) is 34.9 Å². The summed E-state index contributed by atoms with van der Waals surface area (Å²) in [6, 6.07) is 7.87. The molecule has 0 N–H and O–H groups in total. The Balaban J connectivity index is 1.55. The minimum Gasteiger partial charge on any atom is -0.418 e. The van der Waals surface area contributed by atoms with E-state index >= 15 is 0 Å². The second-order valence-corrected chi connectivity index (χ2v) is 6.21. The fourth-order valence-corrected chi connectivity index (χ4v) is 3.39. The van der Waals surface area contributed by atoms with Crippen molar-refractivity contribution in [2.24, 2.45) is 0 Å². The molecule has 0 amide bonds. The largest absolute Gasteiger partial charge is 0.418 e. The van der Waals surface area contributed by atoms with Crippen molar-refractivity contribution in [2.45, 2.75) is 6.54 Å². The van der Waals surface area contributed by atoms with Crippen molar-refractivity contribution in [2.75, 3.05) is 24.6 Å². The molecule has 0 atom stereocenters. The molecule has 4 heterocycles. The quantitative estimate of drug-likeness (QED) is 0.737. The van der Waals surface area contributed by atoms with Gasteiger partial charge in [0.2, 0.25) is 5.89 Å². The molecule has 0 aliphatic carbocycles. The molecule has 4 rings (SSSR count). The zero-order valence-electron chi connectivity index (χ0n) is 11.5. The molecule has 1 saturated heterocycles. The first-order chi connectivity index (χ1) is 10.4. The third-order valence-corrected chi connectivity index (χ3v) is 4.46. The van der Waals surface area contributed by atoms with Gasteiger partial charge in [0, 0.05) is 30.8 Å². The van der Waals surface area contributed by atoms with Crippen LogP contribution in [0.4, 0.5) is 0 Å².